The first-order valence-electron chi connectivity index (χ1n) is 8.89. The van der Waals surface area contributed by atoms with Gasteiger partial charge in [0.05, 0.1) is 9.82 Å². The summed E-state index contributed by atoms with van der Waals surface area (Å²) in [6, 6.07) is 3.13. The van der Waals surface area contributed by atoms with E-state index in [1.807, 2.05) is 26.8 Å². The van der Waals surface area contributed by atoms with Crippen LogP contribution in [0.1, 0.15) is 33.6 Å². The van der Waals surface area contributed by atoms with Gasteiger partial charge in [0.2, 0.25) is 10.0 Å². The van der Waals surface area contributed by atoms with E-state index in [1.165, 1.54) is 35.0 Å². The minimum Gasteiger partial charge on any atom is -0.480 e. The SMILES string of the molecule is CC(C)=CCC/C(C)=C/CSC[C@H](NS(=O)(=O)c1cccc([N+](=O)[O-])c1)C(=O)O. The molecule has 29 heavy (non-hydrogen) atoms. The molecule has 0 heterocycles. The highest BCUT2D eigenvalue weighted by atomic mass is 32.2. The molecule has 0 aliphatic heterocycles. The molecule has 0 aliphatic rings. The molecule has 0 unspecified atom stereocenters. The lowest BCUT2D eigenvalue weighted by Gasteiger charge is -2.14. The molecule has 1 aromatic carbocycles. The number of hydrogen-bond acceptors (Lipinski definition) is 6. The standard InChI is InChI=1S/C19H26N2O6S2/c1-14(2)6-4-7-15(3)10-11-28-13-18(19(22)23)20-29(26,27)17-9-5-8-16(12-17)21(24)25/h5-6,8-10,12,18,20H,4,7,11,13H2,1-3H3,(H,22,23)/b15-10+/t18-/m0/s1. The molecular weight excluding hydrogens is 416 g/mol. The number of aliphatic carboxylic acids is 1. The molecule has 10 heteroatoms. The zero-order valence-corrected chi connectivity index (χ0v) is 18.3. The van der Waals surface area contributed by atoms with Crippen LogP contribution in [0.25, 0.3) is 0 Å². The Labute approximate surface area is 175 Å². The van der Waals surface area contributed by atoms with E-state index in [0.29, 0.717) is 5.75 Å². The minimum atomic E-state index is -4.20. The maximum Gasteiger partial charge on any atom is 0.322 e. The van der Waals surface area contributed by atoms with Gasteiger partial charge in [0.1, 0.15) is 6.04 Å². The number of carboxylic acid groups (broad SMARTS) is 1. The van der Waals surface area contributed by atoms with E-state index in [1.54, 1.807) is 0 Å². The number of nitrogens with one attached hydrogen (secondary N) is 1. The summed E-state index contributed by atoms with van der Waals surface area (Å²) in [4.78, 5) is 21.2. The number of sulfonamides is 1. The van der Waals surface area contributed by atoms with Crippen LogP contribution < -0.4 is 4.72 Å². The average molecular weight is 443 g/mol. The van der Waals surface area contributed by atoms with Gasteiger partial charge in [-0.2, -0.15) is 16.5 Å². The highest BCUT2D eigenvalue weighted by Crippen LogP contribution is 2.18. The summed E-state index contributed by atoms with van der Waals surface area (Å²) in [6.07, 6.45) is 5.99. The van der Waals surface area contributed by atoms with Crippen LogP contribution in [0.2, 0.25) is 0 Å². The Morgan fingerprint density at radius 2 is 2.00 bits per heavy atom. The van der Waals surface area contributed by atoms with Crippen molar-refractivity contribution in [1.82, 2.24) is 4.72 Å². The molecule has 0 spiro atoms. The van der Waals surface area contributed by atoms with E-state index < -0.39 is 27.0 Å². The molecule has 0 aromatic heterocycles. The van der Waals surface area contributed by atoms with E-state index in [0.717, 1.165) is 25.0 Å². The maximum absolute atomic E-state index is 12.4. The normalized spacial score (nSPS) is 13.0. The summed E-state index contributed by atoms with van der Waals surface area (Å²) >= 11 is 1.29. The molecule has 0 aliphatic carbocycles. The van der Waals surface area contributed by atoms with Crippen molar-refractivity contribution in [3.63, 3.8) is 0 Å². The number of rotatable bonds is 12. The van der Waals surface area contributed by atoms with Gasteiger partial charge in [-0.25, -0.2) is 8.42 Å². The Balaban J connectivity index is 2.69. The van der Waals surface area contributed by atoms with Gasteiger partial charge in [-0.05, 0) is 39.7 Å². The van der Waals surface area contributed by atoms with Crippen molar-refractivity contribution in [3.8, 4) is 0 Å². The Morgan fingerprint density at radius 1 is 1.31 bits per heavy atom. The van der Waals surface area contributed by atoms with Crippen molar-refractivity contribution in [1.29, 1.82) is 0 Å². The van der Waals surface area contributed by atoms with Crippen LogP contribution in [0.5, 0.6) is 0 Å². The molecule has 0 amide bonds. The second kappa shape index (κ2) is 11.7. The number of carbonyl (C=O) groups is 1. The van der Waals surface area contributed by atoms with Gasteiger partial charge < -0.3 is 5.11 Å². The van der Waals surface area contributed by atoms with Gasteiger partial charge in [0.25, 0.3) is 5.69 Å². The summed E-state index contributed by atoms with van der Waals surface area (Å²) in [5, 5.41) is 20.2. The monoisotopic (exact) mass is 442 g/mol. The third-order valence-electron chi connectivity index (χ3n) is 3.86. The highest BCUT2D eigenvalue weighted by molar-refractivity contribution is 7.99. The molecular formula is C19H26N2O6S2. The first kappa shape index (κ1) is 24.9. The van der Waals surface area contributed by atoms with E-state index in [4.69, 9.17) is 0 Å². The van der Waals surface area contributed by atoms with E-state index >= 15 is 0 Å². The first-order valence-corrected chi connectivity index (χ1v) is 11.5. The number of thioether (sulfide) groups is 1. The van der Waals surface area contributed by atoms with Crippen LogP contribution in [-0.2, 0) is 14.8 Å². The fraction of sp³-hybridized carbons (Fsp3) is 0.421. The van der Waals surface area contributed by atoms with Crippen molar-refractivity contribution in [2.24, 2.45) is 0 Å². The first-order chi connectivity index (χ1) is 13.5. The average Bonchev–Trinajstić information content (AvgIpc) is 2.63. The number of carboxylic acids is 1. The third kappa shape index (κ3) is 9.25. The molecule has 0 saturated heterocycles. The Hall–Kier alpha value is -2.17. The smallest absolute Gasteiger partial charge is 0.322 e. The highest BCUT2D eigenvalue weighted by Gasteiger charge is 2.26. The van der Waals surface area contributed by atoms with Crippen molar-refractivity contribution in [2.45, 2.75) is 44.6 Å². The molecule has 8 nitrogen and oxygen atoms in total. The van der Waals surface area contributed by atoms with Crippen molar-refractivity contribution in [3.05, 3.63) is 57.7 Å². The molecule has 160 valence electrons. The van der Waals surface area contributed by atoms with Gasteiger partial charge in [-0.15, -0.1) is 0 Å². The Kier molecular flexibility index (Phi) is 10.1. The Morgan fingerprint density at radius 3 is 2.59 bits per heavy atom. The largest absolute Gasteiger partial charge is 0.480 e. The van der Waals surface area contributed by atoms with Crippen molar-refractivity contribution >= 4 is 33.4 Å². The fourth-order valence-electron chi connectivity index (χ4n) is 2.25. The number of hydrogen-bond donors (Lipinski definition) is 2. The van der Waals surface area contributed by atoms with Crippen molar-refractivity contribution < 1.29 is 23.2 Å². The molecule has 0 radical (unpaired) electrons. The van der Waals surface area contributed by atoms with E-state index in [-0.39, 0.29) is 16.3 Å². The van der Waals surface area contributed by atoms with Crippen molar-refractivity contribution in [2.75, 3.05) is 11.5 Å². The molecule has 0 saturated carbocycles. The van der Waals surface area contributed by atoms with Crippen LogP contribution in [0.3, 0.4) is 0 Å². The fourth-order valence-corrected chi connectivity index (χ4v) is 4.59. The lowest BCUT2D eigenvalue weighted by molar-refractivity contribution is -0.385. The third-order valence-corrected chi connectivity index (χ3v) is 6.30. The molecule has 1 rings (SSSR count). The van der Waals surface area contributed by atoms with Gasteiger partial charge in [0.15, 0.2) is 0 Å². The number of nitro groups is 1. The number of non-ortho nitro benzene ring substituents is 1. The molecule has 0 bridgehead atoms. The molecule has 0 fully saturated rings. The zero-order valence-electron chi connectivity index (χ0n) is 16.6. The van der Waals surface area contributed by atoms with Crippen LogP contribution in [0.4, 0.5) is 5.69 Å². The van der Waals surface area contributed by atoms with Gasteiger partial charge >= 0.3 is 5.97 Å². The maximum atomic E-state index is 12.4. The summed E-state index contributed by atoms with van der Waals surface area (Å²) < 4.78 is 26.9. The van der Waals surface area contributed by atoms with Crippen LogP contribution >= 0.6 is 11.8 Å². The molecule has 1 aromatic rings. The van der Waals surface area contributed by atoms with Crippen LogP contribution in [0.15, 0.2) is 52.5 Å². The van der Waals surface area contributed by atoms with E-state index in [2.05, 4.69) is 10.8 Å². The van der Waals surface area contributed by atoms with Crippen LogP contribution in [0, 0.1) is 10.1 Å². The number of nitro benzene ring substituents is 1. The lowest BCUT2D eigenvalue weighted by Crippen LogP contribution is -2.42. The minimum absolute atomic E-state index is 0.0290. The number of nitrogens with zero attached hydrogens (tertiary/aromatic N) is 1. The summed E-state index contributed by atoms with van der Waals surface area (Å²) in [6.45, 7) is 6.07. The second-order valence-electron chi connectivity index (χ2n) is 6.67. The number of allylic oxidation sites excluding steroid dienone is 3. The summed E-state index contributed by atoms with van der Waals surface area (Å²) in [5.41, 5.74) is 2.05. The number of benzene rings is 1. The molecule has 1 atom stereocenters. The van der Waals surface area contributed by atoms with E-state index in [9.17, 15) is 28.4 Å². The van der Waals surface area contributed by atoms with Gasteiger partial charge in [0, 0.05) is 23.6 Å². The zero-order chi connectivity index (χ0) is 22.0. The summed E-state index contributed by atoms with van der Waals surface area (Å²) in [7, 11) is -4.20. The van der Waals surface area contributed by atoms with Gasteiger partial charge in [-0.3, -0.25) is 14.9 Å². The predicted molar refractivity (Wildman–Crippen MR) is 115 cm³/mol. The lowest BCUT2D eigenvalue weighted by atomic mass is 10.1. The van der Waals surface area contributed by atoms with Crippen LogP contribution in [-0.4, -0.2) is 42.0 Å². The summed E-state index contributed by atoms with van der Waals surface area (Å²) in [5.74, 6) is -0.722. The predicted octanol–water partition coefficient (Wildman–Crippen LogP) is 3.75. The Bertz CT molecular complexity index is 890. The molecule has 2 N–H and O–H groups in total. The topological polar surface area (TPSA) is 127 Å². The van der Waals surface area contributed by atoms with Gasteiger partial charge in [-0.1, -0.05) is 29.4 Å². The quantitative estimate of drug-likeness (QED) is 0.218. The second-order valence-corrected chi connectivity index (χ2v) is 9.46.